The lowest BCUT2D eigenvalue weighted by molar-refractivity contribution is 0.397. The summed E-state index contributed by atoms with van der Waals surface area (Å²) >= 11 is 0. The van der Waals surface area contributed by atoms with Crippen LogP contribution in [0.5, 0.6) is 5.88 Å². The van der Waals surface area contributed by atoms with E-state index in [0.29, 0.717) is 5.88 Å². The third-order valence-corrected chi connectivity index (χ3v) is 3.03. The third kappa shape index (κ3) is 3.83. The van der Waals surface area contributed by atoms with E-state index in [1.807, 2.05) is 24.4 Å². The van der Waals surface area contributed by atoms with Crippen LogP contribution >= 0.6 is 0 Å². The van der Waals surface area contributed by atoms with Crippen molar-refractivity contribution in [3.8, 4) is 5.88 Å². The van der Waals surface area contributed by atoms with Crippen LogP contribution in [-0.4, -0.2) is 18.6 Å². The first-order valence-electron chi connectivity index (χ1n) is 6.58. The Morgan fingerprint density at radius 2 is 2.26 bits per heavy atom. The zero-order chi connectivity index (χ0) is 13.5. The van der Waals surface area contributed by atoms with E-state index in [1.54, 1.807) is 19.6 Å². The first-order valence-corrected chi connectivity index (χ1v) is 6.58. The van der Waals surface area contributed by atoms with E-state index in [2.05, 4.69) is 17.2 Å². The number of hydrogen-bond acceptors (Lipinski definition) is 4. The van der Waals surface area contributed by atoms with Crippen molar-refractivity contribution in [1.82, 2.24) is 10.3 Å². The standard InChI is InChI=1S/C15H20N2O2/c1-3-7-16-14(13-6-8-19-11-13)9-12-4-5-15(18-2)17-10-12/h4-6,8,10-11,14,16H,3,7,9H2,1-2H3. The van der Waals surface area contributed by atoms with Crippen LogP contribution in [0.15, 0.2) is 41.3 Å². The zero-order valence-corrected chi connectivity index (χ0v) is 11.4. The summed E-state index contributed by atoms with van der Waals surface area (Å²) in [5.74, 6) is 0.644. The molecule has 0 saturated carbocycles. The first kappa shape index (κ1) is 13.6. The second-order valence-electron chi connectivity index (χ2n) is 4.48. The molecular formula is C15H20N2O2. The number of methoxy groups -OCH3 is 1. The molecule has 1 atom stereocenters. The molecule has 102 valence electrons. The molecular weight excluding hydrogens is 240 g/mol. The highest BCUT2D eigenvalue weighted by Gasteiger charge is 2.13. The molecule has 2 heterocycles. The van der Waals surface area contributed by atoms with Gasteiger partial charge < -0.3 is 14.5 Å². The van der Waals surface area contributed by atoms with E-state index in [0.717, 1.165) is 19.4 Å². The Morgan fingerprint density at radius 1 is 1.37 bits per heavy atom. The van der Waals surface area contributed by atoms with Crippen molar-refractivity contribution in [2.24, 2.45) is 0 Å². The average Bonchev–Trinajstić information content (AvgIpc) is 2.98. The van der Waals surface area contributed by atoms with Crippen molar-refractivity contribution in [2.45, 2.75) is 25.8 Å². The van der Waals surface area contributed by atoms with Crippen LogP contribution in [-0.2, 0) is 6.42 Å². The molecule has 0 aliphatic heterocycles. The molecule has 1 N–H and O–H groups in total. The van der Waals surface area contributed by atoms with E-state index in [9.17, 15) is 0 Å². The summed E-state index contributed by atoms with van der Waals surface area (Å²) in [5, 5.41) is 3.53. The Hall–Kier alpha value is -1.81. The van der Waals surface area contributed by atoms with Gasteiger partial charge in [0, 0.05) is 23.9 Å². The molecule has 2 aromatic heterocycles. The molecule has 0 saturated heterocycles. The van der Waals surface area contributed by atoms with E-state index in [4.69, 9.17) is 9.15 Å². The maximum atomic E-state index is 5.17. The lowest BCUT2D eigenvalue weighted by atomic mass is 10.0. The molecule has 0 aromatic carbocycles. The Bertz CT molecular complexity index is 465. The molecule has 4 heteroatoms. The van der Waals surface area contributed by atoms with Crippen LogP contribution in [0.2, 0.25) is 0 Å². The van der Waals surface area contributed by atoms with Crippen LogP contribution in [0.1, 0.15) is 30.5 Å². The molecule has 0 radical (unpaired) electrons. The van der Waals surface area contributed by atoms with Crippen LogP contribution in [0.25, 0.3) is 0 Å². The Morgan fingerprint density at radius 3 is 2.84 bits per heavy atom. The van der Waals surface area contributed by atoms with Crippen LogP contribution in [0.3, 0.4) is 0 Å². The molecule has 0 amide bonds. The van der Waals surface area contributed by atoms with Gasteiger partial charge in [-0.2, -0.15) is 0 Å². The fourth-order valence-corrected chi connectivity index (χ4v) is 1.99. The quantitative estimate of drug-likeness (QED) is 0.831. The fourth-order valence-electron chi connectivity index (χ4n) is 1.99. The van der Waals surface area contributed by atoms with Gasteiger partial charge in [0.2, 0.25) is 5.88 Å². The minimum Gasteiger partial charge on any atom is -0.481 e. The molecule has 0 fully saturated rings. The molecule has 0 aliphatic rings. The molecule has 1 unspecified atom stereocenters. The van der Waals surface area contributed by atoms with E-state index in [1.165, 1.54) is 11.1 Å². The van der Waals surface area contributed by atoms with Gasteiger partial charge in [-0.05, 0) is 31.0 Å². The van der Waals surface area contributed by atoms with Gasteiger partial charge in [-0.3, -0.25) is 0 Å². The highest BCUT2D eigenvalue weighted by Crippen LogP contribution is 2.19. The average molecular weight is 260 g/mol. The first-order chi connectivity index (χ1) is 9.33. The van der Waals surface area contributed by atoms with Gasteiger partial charge in [-0.1, -0.05) is 13.0 Å². The van der Waals surface area contributed by atoms with E-state index < -0.39 is 0 Å². The predicted molar refractivity (Wildman–Crippen MR) is 74.2 cm³/mol. The van der Waals surface area contributed by atoms with Gasteiger partial charge in [0.25, 0.3) is 0 Å². The number of nitrogens with zero attached hydrogens (tertiary/aromatic N) is 1. The van der Waals surface area contributed by atoms with Crippen LogP contribution in [0.4, 0.5) is 0 Å². The Labute approximate surface area is 113 Å². The molecule has 19 heavy (non-hydrogen) atoms. The number of rotatable bonds is 7. The summed E-state index contributed by atoms with van der Waals surface area (Å²) in [6.07, 6.45) is 7.36. The topological polar surface area (TPSA) is 47.3 Å². The molecule has 2 rings (SSSR count). The lowest BCUT2D eigenvalue weighted by Gasteiger charge is -2.17. The number of hydrogen-bond donors (Lipinski definition) is 1. The van der Waals surface area contributed by atoms with Crippen molar-refractivity contribution >= 4 is 0 Å². The van der Waals surface area contributed by atoms with E-state index >= 15 is 0 Å². The molecule has 0 aliphatic carbocycles. The second-order valence-corrected chi connectivity index (χ2v) is 4.48. The Balaban J connectivity index is 2.06. The summed E-state index contributed by atoms with van der Waals surface area (Å²) < 4.78 is 10.2. The maximum absolute atomic E-state index is 5.17. The zero-order valence-electron chi connectivity index (χ0n) is 11.4. The second kappa shape index (κ2) is 6.95. The molecule has 0 spiro atoms. The molecule has 0 bridgehead atoms. The summed E-state index contributed by atoms with van der Waals surface area (Å²) in [4.78, 5) is 4.24. The normalized spacial score (nSPS) is 12.3. The van der Waals surface area contributed by atoms with Crippen LogP contribution in [0, 0.1) is 0 Å². The number of pyridine rings is 1. The van der Waals surface area contributed by atoms with Crippen molar-refractivity contribution in [3.05, 3.63) is 48.0 Å². The van der Waals surface area contributed by atoms with Gasteiger partial charge >= 0.3 is 0 Å². The number of furan rings is 1. The van der Waals surface area contributed by atoms with E-state index in [-0.39, 0.29) is 6.04 Å². The number of aromatic nitrogens is 1. The van der Waals surface area contributed by atoms with Gasteiger partial charge in [-0.25, -0.2) is 4.98 Å². The highest BCUT2D eigenvalue weighted by atomic mass is 16.5. The smallest absolute Gasteiger partial charge is 0.212 e. The summed E-state index contributed by atoms with van der Waals surface area (Å²) in [5.41, 5.74) is 2.35. The SMILES string of the molecule is CCCNC(Cc1ccc(OC)nc1)c1ccoc1. The number of nitrogens with one attached hydrogen (secondary N) is 1. The van der Waals surface area contributed by atoms with Gasteiger partial charge in [0.15, 0.2) is 0 Å². The summed E-state index contributed by atoms with van der Waals surface area (Å²) in [6, 6.07) is 6.20. The summed E-state index contributed by atoms with van der Waals surface area (Å²) in [6.45, 7) is 3.15. The van der Waals surface area contributed by atoms with Crippen molar-refractivity contribution in [3.63, 3.8) is 0 Å². The lowest BCUT2D eigenvalue weighted by Crippen LogP contribution is -2.23. The fraction of sp³-hybridized carbons (Fsp3) is 0.400. The van der Waals surface area contributed by atoms with Gasteiger partial charge in [0.1, 0.15) is 0 Å². The van der Waals surface area contributed by atoms with Crippen molar-refractivity contribution < 1.29 is 9.15 Å². The largest absolute Gasteiger partial charge is 0.481 e. The number of ether oxygens (including phenoxy) is 1. The third-order valence-electron chi connectivity index (χ3n) is 3.03. The van der Waals surface area contributed by atoms with Gasteiger partial charge in [0.05, 0.1) is 19.6 Å². The maximum Gasteiger partial charge on any atom is 0.212 e. The van der Waals surface area contributed by atoms with Crippen molar-refractivity contribution in [1.29, 1.82) is 0 Å². The van der Waals surface area contributed by atoms with Crippen molar-refractivity contribution in [2.75, 3.05) is 13.7 Å². The minimum atomic E-state index is 0.258. The van der Waals surface area contributed by atoms with Crippen LogP contribution < -0.4 is 10.1 Å². The molecule has 2 aromatic rings. The monoisotopic (exact) mass is 260 g/mol. The minimum absolute atomic E-state index is 0.258. The molecule has 4 nitrogen and oxygen atoms in total. The summed E-state index contributed by atoms with van der Waals surface area (Å²) in [7, 11) is 1.62. The Kier molecular flexibility index (Phi) is 4.98. The predicted octanol–water partition coefficient (Wildman–Crippen LogP) is 2.97. The highest BCUT2D eigenvalue weighted by molar-refractivity contribution is 5.21. The van der Waals surface area contributed by atoms with Gasteiger partial charge in [-0.15, -0.1) is 0 Å².